The molecule has 17 heavy (non-hydrogen) atoms. The molecule has 0 amide bonds. The Morgan fingerprint density at radius 3 is 2.53 bits per heavy atom. The second-order valence-electron chi connectivity index (χ2n) is 5.52. The summed E-state index contributed by atoms with van der Waals surface area (Å²) in [5.41, 5.74) is 4.43. The molecule has 1 aliphatic heterocycles. The summed E-state index contributed by atoms with van der Waals surface area (Å²) in [4.78, 5) is 2.39. The molecular weight excluding hydrogens is 208 g/mol. The van der Waals surface area contributed by atoms with Crippen LogP contribution in [-0.4, -0.2) is 32.1 Å². The maximum atomic E-state index is 3.56. The fourth-order valence-electron chi connectivity index (χ4n) is 3.08. The van der Waals surface area contributed by atoms with Gasteiger partial charge in [0.05, 0.1) is 5.54 Å². The molecule has 1 fully saturated rings. The molecule has 94 valence electrons. The van der Waals surface area contributed by atoms with E-state index in [1.54, 1.807) is 0 Å². The maximum Gasteiger partial charge on any atom is 0.0584 e. The van der Waals surface area contributed by atoms with Crippen molar-refractivity contribution in [3.05, 3.63) is 34.9 Å². The van der Waals surface area contributed by atoms with Gasteiger partial charge in [-0.3, -0.25) is 4.90 Å². The van der Waals surface area contributed by atoms with E-state index >= 15 is 0 Å². The van der Waals surface area contributed by atoms with Crippen LogP contribution in [0, 0.1) is 13.8 Å². The Bertz CT molecular complexity index is 390. The van der Waals surface area contributed by atoms with Gasteiger partial charge in [0.2, 0.25) is 0 Å². The van der Waals surface area contributed by atoms with Gasteiger partial charge in [-0.25, -0.2) is 0 Å². The first-order valence-corrected chi connectivity index (χ1v) is 6.52. The lowest BCUT2D eigenvalue weighted by Gasteiger charge is -2.44. The summed E-state index contributed by atoms with van der Waals surface area (Å²) in [6.45, 7) is 6.62. The SMILES string of the molecule is Cc1ccc(C2(N(C)C)CCCNC2)c(C)c1. The van der Waals surface area contributed by atoms with Crippen molar-refractivity contribution in [1.82, 2.24) is 10.2 Å². The van der Waals surface area contributed by atoms with Gasteiger partial charge in [-0.05, 0) is 58.5 Å². The van der Waals surface area contributed by atoms with Gasteiger partial charge in [-0.1, -0.05) is 23.8 Å². The predicted octanol–water partition coefficient (Wildman–Crippen LogP) is 2.44. The van der Waals surface area contributed by atoms with Crippen molar-refractivity contribution < 1.29 is 0 Å². The standard InChI is InChI=1S/C15H24N2/c1-12-6-7-14(13(2)10-12)15(17(3)4)8-5-9-16-11-15/h6-7,10,16H,5,8-9,11H2,1-4H3. The average Bonchev–Trinajstić information content (AvgIpc) is 2.29. The third-order valence-electron chi connectivity index (χ3n) is 4.10. The number of benzene rings is 1. The van der Waals surface area contributed by atoms with E-state index < -0.39 is 0 Å². The van der Waals surface area contributed by atoms with Crippen LogP contribution in [-0.2, 0) is 5.54 Å². The maximum absolute atomic E-state index is 3.56. The molecule has 2 heteroatoms. The Hall–Kier alpha value is -0.860. The summed E-state index contributed by atoms with van der Waals surface area (Å²) in [5.74, 6) is 0. The second kappa shape index (κ2) is 4.79. The minimum Gasteiger partial charge on any atom is -0.315 e. The fourth-order valence-corrected chi connectivity index (χ4v) is 3.08. The third-order valence-corrected chi connectivity index (χ3v) is 4.10. The molecule has 1 N–H and O–H groups in total. The Morgan fingerprint density at radius 1 is 1.24 bits per heavy atom. The predicted molar refractivity (Wildman–Crippen MR) is 73.4 cm³/mol. The van der Waals surface area contributed by atoms with Crippen LogP contribution in [0.25, 0.3) is 0 Å². The average molecular weight is 232 g/mol. The molecule has 1 unspecified atom stereocenters. The van der Waals surface area contributed by atoms with Crippen LogP contribution in [0.15, 0.2) is 18.2 Å². The minimum absolute atomic E-state index is 0.177. The van der Waals surface area contributed by atoms with Gasteiger partial charge in [-0.2, -0.15) is 0 Å². The van der Waals surface area contributed by atoms with Crippen LogP contribution in [0.2, 0.25) is 0 Å². The molecule has 2 rings (SSSR count). The third kappa shape index (κ3) is 2.24. The van der Waals surface area contributed by atoms with Crippen LogP contribution in [0.1, 0.15) is 29.5 Å². The number of likely N-dealkylation sites (N-methyl/N-ethyl adjacent to an activating group) is 1. The van der Waals surface area contributed by atoms with Gasteiger partial charge in [0, 0.05) is 6.54 Å². The van der Waals surface area contributed by atoms with E-state index in [9.17, 15) is 0 Å². The molecule has 0 bridgehead atoms. The zero-order valence-corrected chi connectivity index (χ0v) is 11.5. The Labute approximate surface area is 105 Å². The number of hydrogen-bond donors (Lipinski definition) is 1. The number of nitrogens with zero attached hydrogens (tertiary/aromatic N) is 1. The largest absolute Gasteiger partial charge is 0.315 e. The molecule has 0 spiro atoms. The van der Waals surface area contributed by atoms with E-state index in [4.69, 9.17) is 0 Å². The van der Waals surface area contributed by atoms with Gasteiger partial charge in [0.15, 0.2) is 0 Å². The van der Waals surface area contributed by atoms with E-state index in [-0.39, 0.29) is 5.54 Å². The number of nitrogens with one attached hydrogen (secondary N) is 1. The molecule has 0 radical (unpaired) electrons. The normalized spacial score (nSPS) is 25.2. The molecule has 1 aromatic carbocycles. The lowest BCUT2D eigenvalue weighted by molar-refractivity contribution is 0.112. The zero-order chi connectivity index (χ0) is 12.5. The first kappa shape index (κ1) is 12.6. The fraction of sp³-hybridized carbons (Fsp3) is 0.600. The Balaban J connectivity index is 2.45. The van der Waals surface area contributed by atoms with Crippen LogP contribution in [0.4, 0.5) is 0 Å². The van der Waals surface area contributed by atoms with Crippen molar-refractivity contribution in [2.75, 3.05) is 27.2 Å². The molecule has 2 nitrogen and oxygen atoms in total. The lowest BCUT2D eigenvalue weighted by Crippen LogP contribution is -2.52. The molecule has 1 aliphatic rings. The second-order valence-corrected chi connectivity index (χ2v) is 5.52. The van der Waals surface area contributed by atoms with E-state index in [2.05, 4.69) is 56.4 Å². The van der Waals surface area contributed by atoms with Crippen LogP contribution < -0.4 is 5.32 Å². The van der Waals surface area contributed by atoms with E-state index in [0.717, 1.165) is 13.1 Å². The summed E-state index contributed by atoms with van der Waals surface area (Å²) in [5, 5.41) is 3.56. The molecular formula is C15H24N2. The topological polar surface area (TPSA) is 15.3 Å². The van der Waals surface area contributed by atoms with Gasteiger partial charge >= 0.3 is 0 Å². The van der Waals surface area contributed by atoms with Gasteiger partial charge in [0.25, 0.3) is 0 Å². The Kier molecular flexibility index (Phi) is 3.55. The van der Waals surface area contributed by atoms with Crippen molar-refractivity contribution in [1.29, 1.82) is 0 Å². The van der Waals surface area contributed by atoms with E-state index in [1.165, 1.54) is 29.5 Å². The summed E-state index contributed by atoms with van der Waals surface area (Å²) in [6, 6.07) is 6.86. The first-order valence-electron chi connectivity index (χ1n) is 6.52. The summed E-state index contributed by atoms with van der Waals surface area (Å²) in [6.07, 6.45) is 2.50. The first-order chi connectivity index (χ1) is 8.06. The van der Waals surface area contributed by atoms with Crippen molar-refractivity contribution in [2.24, 2.45) is 0 Å². The molecule has 1 aromatic rings. The molecule has 0 saturated carbocycles. The van der Waals surface area contributed by atoms with Gasteiger partial charge < -0.3 is 5.32 Å². The highest BCUT2D eigenvalue weighted by Gasteiger charge is 2.36. The van der Waals surface area contributed by atoms with E-state index in [0.29, 0.717) is 0 Å². The van der Waals surface area contributed by atoms with Crippen LogP contribution >= 0.6 is 0 Å². The lowest BCUT2D eigenvalue weighted by atomic mass is 9.79. The molecule has 1 atom stereocenters. The molecule has 1 saturated heterocycles. The van der Waals surface area contributed by atoms with E-state index in [1.807, 2.05) is 0 Å². The van der Waals surface area contributed by atoms with Gasteiger partial charge in [0.1, 0.15) is 0 Å². The molecule has 0 aliphatic carbocycles. The van der Waals surface area contributed by atoms with Crippen molar-refractivity contribution in [2.45, 2.75) is 32.2 Å². The van der Waals surface area contributed by atoms with Crippen molar-refractivity contribution >= 4 is 0 Å². The quantitative estimate of drug-likeness (QED) is 0.842. The van der Waals surface area contributed by atoms with Crippen molar-refractivity contribution in [3.63, 3.8) is 0 Å². The summed E-state index contributed by atoms with van der Waals surface area (Å²) in [7, 11) is 4.40. The summed E-state index contributed by atoms with van der Waals surface area (Å²) >= 11 is 0. The van der Waals surface area contributed by atoms with Gasteiger partial charge in [-0.15, -0.1) is 0 Å². The molecule has 1 heterocycles. The zero-order valence-electron chi connectivity index (χ0n) is 11.5. The minimum atomic E-state index is 0.177. The number of aryl methyl sites for hydroxylation is 2. The van der Waals surface area contributed by atoms with Crippen LogP contribution in [0.3, 0.4) is 0 Å². The highest BCUT2D eigenvalue weighted by molar-refractivity contribution is 5.36. The van der Waals surface area contributed by atoms with Crippen LogP contribution in [0.5, 0.6) is 0 Å². The number of hydrogen-bond acceptors (Lipinski definition) is 2. The van der Waals surface area contributed by atoms with Crippen molar-refractivity contribution in [3.8, 4) is 0 Å². The smallest absolute Gasteiger partial charge is 0.0584 e. The highest BCUT2D eigenvalue weighted by atomic mass is 15.2. The number of piperidine rings is 1. The monoisotopic (exact) mass is 232 g/mol. The number of rotatable bonds is 2. The summed E-state index contributed by atoms with van der Waals surface area (Å²) < 4.78 is 0. The highest BCUT2D eigenvalue weighted by Crippen LogP contribution is 2.35. The Morgan fingerprint density at radius 2 is 2.00 bits per heavy atom. The molecule has 0 aromatic heterocycles.